The predicted octanol–water partition coefficient (Wildman–Crippen LogP) is 5.73. The van der Waals surface area contributed by atoms with Gasteiger partial charge in [0.05, 0.1) is 17.9 Å². The fourth-order valence-corrected chi connectivity index (χ4v) is 3.42. The third kappa shape index (κ3) is 4.85. The SMILES string of the molecule is CCOC(=O)c1ccc(NC=C(C#N)c2nc(-c3ccc(Br)cc3)cs2)cc1. The monoisotopic (exact) mass is 453 g/mol. The first kappa shape index (κ1) is 19.8. The summed E-state index contributed by atoms with van der Waals surface area (Å²) in [6, 6.07) is 16.9. The number of thiazole rings is 1. The molecule has 3 rings (SSSR count). The van der Waals surface area contributed by atoms with E-state index in [1.165, 1.54) is 11.3 Å². The maximum Gasteiger partial charge on any atom is 0.338 e. The van der Waals surface area contributed by atoms with Crippen molar-refractivity contribution in [2.75, 3.05) is 11.9 Å². The maximum absolute atomic E-state index is 11.7. The normalized spacial score (nSPS) is 11.0. The molecule has 7 heteroatoms. The molecule has 140 valence electrons. The van der Waals surface area contributed by atoms with Gasteiger partial charge in [-0.1, -0.05) is 28.1 Å². The molecule has 1 aromatic heterocycles. The summed E-state index contributed by atoms with van der Waals surface area (Å²) >= 11 is 4.83. The van der Waals surface area contributed by atoms with Gasteiger partial charge in [-0.15, -0.1) is 11.3 Å². The first-order chi connectivity index (χ1) is 13.6. The van der Waals surface area contributed by atoms with E-state index < -0.39 is 0 Å². The summed E-state index contributed by atoms with van der Waals surface area (Å²) in [6.07, 6.45) is 1.61. The highest BCUT2D eigenvalue weighted by Crippen LogP contribution is 2.27. The molecule has 0 spiro atoms. The molecule has 0 radical (unpaired) electrons. The van der Waals surface area contributed by atoms with Crippen molar-refractivity contribution in [1.82, 2.24) is 4.98 Å². The Morgan fingerprint density at radius 1 is 1.25 bits per heavy atom. The average molecular weight is 454 g/mol. The molecule has 0 saturated carbocycles. The lowest BCUT2D eigenvalue weighted by atomic mass is 10.2. The molecule has 0 aliphatic rings. The van der Waals surface area contributed by atoms with E-state index in [-0.39, 0.29) is 5.97 Å². The van der Waals surface area contributed by atoms with Crippen LogP contribution in [0.25, 0.3) is 16.8 Å². The number of hydrogen-bond acceptors (Lipinski definition) is 6. The number of benzene rings is 2. The zero-order chi connectivity index (χ0) is 19.9. The second-order valence-corrected chi connectivity index (χ2v) is 7.43. The molecule has 3 aromatic rings. The Balaban J connectivity index is 1.73. The second-order valence-electron chi connectivity index (χ2n) is 5.66. The minimum Gasteiger partial charge on any atom is -0.462 e. The van der Waals surface area contributed by atoms with Crippen LogP contribution in [-0.2, 0) is 4.74 Å². The van der Waals surface area contributed by atoms with Crippen LogP contribution < -0.4 is 5.32 Å². The Hall–Kier alpha value is -2.95. The number of esters is 1. The van der Waals surface area contributed by atoms with Gasteiger partial charge in [0.1, 0.15) is 16.6 Å². The van der Waals surface area contributed by atoms with Crippen LogP contribution in [0.1, 0.15) is 22.3 Å². The molecule has 0 atom stereocenters. The molecule has 0 unspecified atom stereocenters. The van der Waals surface area contributed by atoms with Gasteiger partial charge in [0.2, 0.25) is 0 Å². The minimum absolute atomic E-state index is 0.336. The number of nitrogens with one attached hydrogen (secondary N) is 1. The van der Waals surface area contributed by atoms with E-state index in [0.717, 1.165) is 21.4 Å². The summed E-state index contributed by atoms with van der Waals surface area (Å²) in [4.78, 5) is 16.2. The van der Waals surface area contributed by atoms with E-state index >= 15 is 0 Å². The zero-order valence-corrected chi connectivity index (χ0v) is 17.4. The highest BCUT2D eigenvalue weighted by molar-refractivity contribution is 9.10. The van der Waals surface area contributed by atoms with E-state index in [9.17, 15) is 10.1 Å². The molecule has 0 bridgehead atoms. The predicted molar refractivity (Wildman–Crippen MR) is 115 cm³/mol. The smallest absolute Gasteiger partial charge is 0.338 e. The van der Waals surface area contributed by atoms with Gasteiger partial charge in [-0.25, -0.2) is 9.78 Å². The van der Waals surface area contributed by atoms with Crippen molar-refractivity contribution in [2.45, 2.75) is 6.92 Å². The summed E-state index contributed by atoms with van der Waals surface area (Å²) in [7, 11) is 0. The standard InChI is InChI=1S/C21H16BrN3O2S/c1-2-27-21(26)15-5-9-18(10-6-15)24-12-16(11-23)20-25-19(13-28-20)14-3-7-17(22)8-4-14/h3-10,12-13,24H,2H2,1H3. The van der Waals surface area contributed by atoms with Gasteiger partial charge in [0, 0.05) is 27.3 Å². The van der Waals surface area contributed by atoms with Crippen molar-refractivity contribution in [3.8, 4) is 17.3 Å². The molecule has 0 aliphatic heterocycles. The van der Waals surface area contributed by atoms with E-state index in [1.54, 1.807) is 37.4 Å². The third-order valence-corrected chi connectivity index (χ3v) is 5.18. The molecule has 0 fully saturated rings. The number of anilines is 1. The third-order valence-electron chi connectivity index (χ3n) is 3.77. The number of aromatic nitrogens is 1. The fourth-order valence-electron chi connectivity index (χ4n) is 2.36. The number of nitrogens with zero attached hydrogens (tertiary/aromatic N) is 2. The second kappa shape index (κ2) is 9.31. The number of carbonyl (C=O) groups excluding carboxylic acids is 1. The topological polar surface area (TPSA) is 75.0 Å². The summed E-state index contributed by atoms with van der Waals surface area (Å²) in [6.45, 7) is 2.10. The summed E-state index contributed by atoms with van der Waals surface area (Å²) in [5.41, 5.74) is 3.49. The van der Waals surface area contributed by atoms with Crippen molar-refractivity contribution in [1.29, 1.82) is 5.26 Å². The van der Waals surface area contributed by atoms with Crippen molar-refractivity contribution < 1.29 is 9.53 Å². The first-order valence-electron chi connectivity index (χ1n) is 8.46. The number of ether oxygens (including phenoxy) is 1. The number of carbonyl (C=O) groups is 1. The number of hydrogen-bond donors (Lipinski definition) is 1. The molecule has 1 N–H and O–H groups in total. The van der Waals surface area contributed by atoms with Crippen LogP contribution in [0.3, 0.4) is 0 Å². The largest absolute Gasteiger partial charge is 0.462 e. The molecule has 0 saturated heterocycles. The van der Waals surface area contributed by atoms with Crippen molar-refractivity contribution in [3.05, 3.63) is 75.2 Å². The van der Waals surface area contributed by atoms with Crippen LogP contribution in [0.2, 0.25) is 0 Å². The lowest BCUT2D eigenvalue weighted by Crippen LogP contribution is -2.04. The fraction of sp³-hybridized carbons (Fsp3) is 0.0952. The lowest BCUT2D eigenvalue weighted by Gasteiger charge is -2.04. The summed E-state index contributed by atoms with van der Waals surface area (Å²) < 4.78 is 5.96. The first-order valence-corrected chi connectivity index (χ1v) is 10.1. The number of nitriles is 1. The molecule has 2 aromatic carbocycles. The Morgan fingerprint density at radius 3 is 2.61 bits per heavy atom. The van der Waals surface area contributed by atoms with E-state index in [0.29, 0.717) is 22.8 Å². The lowest BCUT2D eigenvalue weighted by molar-refractivity contribution is 0.0526. The highest BCUT2D eigenvalue weighted by atomic mass is 79.9. The van der Waals surface area contributed by atoms with Crippen LogP contribution in [0, 0.1) is 11.3 Å². The molecule has 0 amide bonds. The van der Waals surface area contributed by atoms with Gasteiger partial charge < -0.3 is 10.1 Å². The number of rotatable bonds is 6. The van der Waals surface area contributed by atoms with Gasteiger partial charge >= 0.3 is 5.97 Å². The van der Waals surface area contributed by atoms with Crippen molar-refractivity contribution in [2.24, 2.45) is 0 Å². The van der Waals surface area contributed by atoms with Gasteiger partial charge in [0.15, 0.2) is 0 Å². The van der Waals surface area contributed by atoms with Gasteiger partial charge in [-0.05, 0) is 43.3 Å². The molecule has 28 heavy (non-hydrogen) atoms. The molecule has 1 heterocycles. The highest BCUT2D eigenvalue weighted by Gasteiger charge is 2.09. The maximum atomic E-state index is 11.7. The van der Waals surface area contributed by atoms with Gasteiger partial charge in [-0.2, -0.15) is 5.26 Å². The molecular formula is C21H16BrN3O2S. The van der Waals surface area contributed by atoms with E-state index in [1.807, 2.05) is 29.6 Å². The van der Waals surface area contributed by atoms with Gasteiger partial charge in [0.25, 0.3) is 0 Å². The van der Waals surface area contributed by atoms with Crippen LogP contribution in [-0.4, -0.2) is 17.6 Å². The zero-order valence-electron chi connectivity index (χ0n) is 15.0. The number of allylic oxidation sites excluding steroid dienone is 1. The average Bonchev–Trinajstić information content (AvgIpc) is 3.20. The van der Waals surface area contributed by atoms with Crippen LogP contribution >= 0.6 is 27.3 Å². The summed E-state index contributed by atoms with van der Waals surface area (Å²) in [5.74, 6) is -0.356. The van der Waals surface area contributed by atoms with Gasteiger partial charge in [-0.3, -0.25) is 0 Å². The van der Waals surface area contributed by atoms with E-state index in [2.05, 4.69) is 32.3 Å². The Labute approximate surface area is 175 Å². The molecule has 0 aliphatic carbocycles. The van der Waals surface area contributed by atoms with Crippen LogP contribution in [0.5, 0.6) is 0 Å². The van der Waals surface area contributed by atoms with Crippen LogP contribution in [0.4, 0.5) is 5.69 Å². The Morgan fingerprint density at radius 2 is 1.96 bits per heavy atom. The summed E-state index contributed by atoms with van der Waals surface area (Å²) in [5, 5.41) is 15.1. The Kier molecular flexibility index (Phi) is 6.58. The Bertz CT molecular complexity index is 1030. The minimum atomic E-state index is -0.356. The van der Waals surface area contributed by atoms with Crippen molar-refractivity contribution >= 4 is 44.5 Å². The van der Waals surface area contributed by atoms with E-state index in [4.69, 9.17) is 4.74 Å². The number of halogens is 1. The molecule has 5 nitrogen and oxygen atoms in total. The van der Waals surface area contributed by atoms with Crippen molar-refractivity contribution in [3.63, 3.8) is 0 Å². The molecular weight excluding hydrogens is 438 g/mol. The quantitative estimate of drug-likeness (QED) is 0.381. The van der Waals surface area contributed by atoms with Crippen LogP contribution in [0.15, 0.2) is 64.6 Å².